The Labute approximate surface area is 402 Å². The van der Waals surface area contributed by atoms with Gasteiger partial charge in [-0.2, -0.15) is 0 Å². The Morgan fingerprint density at radius 1 is 0.308 bits per heavy atom. The Bertz CT molecular complexity index is 1400. The van der Waals surface area contributed by atoms with Crippen LogP contribution in [0.2, 0.25) is 0 Å². The van der Waals surface area contributed by atoms with Gasteiger partial charge in [-0.1, -0.05) is 12.8 Å². The fourth-order valence-corrected chi connectivity index (χ4v) is 15.8. The zero-order valence-corrected chi connectivity index (χ0v) is 44.3. The fraction of sp³-hybridized carbons (Fsp3) is 1.00. The van der Waals surface area contributed by atoms with E-state index in [-0.39, 0.29) is 0 Å². The van der Waals surface area contributed by atoms with Crippen LogP contribution in [0.1, 0.15) is 141 Å². The molecule has 16 aliphatic rings. The van der Waals surface area contributed by atoms with Crippen LogP contribution in [0.4, 0.5) is 0 Å². The predicted molar refractivity (Wildman–Crippen MR) is 275 cm³/mol. The Hall–Kier alpha value is -0.320. The summed E-state index contributed by atoms with van der Waals surface area (Å²) in [5.41, 5.74) is 1.65. The van der Waals surface area contributed by atoms with Crippen LogP contribution in [0.5, 0.6) is 0 Å². The van der Waals surface area contributed by atoms with Gasteiger partial charge in [0.1, 0.15) is 0 Å². The second-order valence-corrected chi connectivity index (χ2v) is 27.0. The molecule has 16 rings (SSSR count). The minimum Gasteiger partial charge on any atom is -0.306 e. The van der Waals surface area contributed by atoms with Crippen molar-refractivity contribution in [3.63, 3.8) is 0 Å². The number of hydrogen-bond donors (Lipinski definition) is 0. The van der Waals surface area contributed by atoms with Crippen molar-refractivity contribution in [3.8, 4) is 0 Å². The molecule has 0 radical (unpaired) electrons. The Morgan fingerprint density at radius 2 is 0.800 bits per heavy atom. The predicted octanol–water partition coefficient (Wildman–Crippen LogP) is 8.77. The van der Waals surface area contributed by atoms with Gasteiger partial charge in [0.25, 0.3) is 0 Å². The van der Waals surface area contributed by atoms with Crippen LogP contribution in [0, 0.1) is 64.1 Å². The first-order valence-electron chi connectivity index (χ1n) is 28.8. The molecule has 0 aromatic heterocycles. The SMILES string of the molecule is CN1CC2CC2C1.CN1CC2CC2C1.CN1CC2CCC(C2)C1.CN1CC2CCC1C2.CN1CCC2(CC1)CC2.CN1CCC2(CCCC2)C1.CN1CCC2CC21.CN1CCCC2CC21. The van der Waals surface area contributed by atoms with Gasteiger partial charge in [0.05, 0.1) is 0 Å². The Balaban J connectivity index is 0.0000000939. The highest BCUT2D eigenvalue weighted by molar-refractivity contribution is 5.00. The third-order valence-corrected chi connectivity index (χ3v) is 20.9. The maximum absolute atomic E-state index is 2.51. The summed E-state index contributed by atoms with van der Waals surface area (Å²) >= 11 is 0. The number of nitrogens with zero attached hydrogens (tertiary/aromatic N) is 8. The van der Waals surface area contributed by atoms with Gasteiger partial charge in [-0.3, -0.25) is 0 Å². The van der Waals surface area contributed by atoms with Crippen LogP contribution in [0.15, 0.2) is 0 Å². The van der Waals surface area contributed by atoms with Crippen LogP contribution in [0.3, 0.4) is 0 Å². The lowest BCUT2D eigenvalue weighted by Gasteiger charge is -2.28. The van der Waals surface area contributed by atoms with Gasteiger partial charge in [0, 0.05) is 70.5 Å². The molecule has 0 aromatic rings. The number of fused-ring (bicyclic) bond motifs is 8. The van der Waals surface area contributed by atoms with E-state index in [2.05, 4.69) is 95.6 Å². The number of rotatable bonds is 0. The minimum atomic E-state index is 0.786. The van der Waals surface area contributed by atoms with Crippen LogP contribution in [-0.2, 0) is 0 Å². The normalized spacial score (nSPS) is 42.8. The molecule has 12 atom stereocenters. The molecule has 8 saturated carbocycles. The van der Waals surface area contributed by atoms with Gasteiger partial charge in [-0.25, -0.2) is 0 Å². The monoisotopic (exact) mass is 903 g/mol. The molecular weight excluding hydrogens is 797 g/mol. The van der Waals surface area contributed by atoms with E-state index < -0.39 is 0 Å². The zero-order chi connectivity index (χ0) is 45.3. The van der Waals surface area contributed by atoms with E-state index in [1.54, 1.807) is 0 Å². The van der Waals surface area contributed by atoms with Crippen molar-refractivity contribution in [1.29, 1.82) is 0 Å². The lowest BCUT2D eigenvalue weighted by atomic mass is 9.86. The summed E-state index contributed by atoms with van der Waals surface area (Å²) in [4.78, 5) is 19.8. The van der Waals surface area contributed by atoms with Crippen molar-refractivity contribution >= 4 is 0 Å². The smallest absolute Gasteiger partial charge is 0.0125 e. The van der Waals surface area contributed by atoms with E-state index in [1.165, 1.54) is 226 Å². The summed E-state index contributed by atoms with van der Waals surface area (Å²) in [6, 6.07) is 2.99. The average Bonchev–Trinajstić information content (AvgIpc) is 4.28. The molecule has 8 nitrogen and oxygen atoms in total. The number of likely N-dealkylation sites (tertiary alicyclic amines) is 8. The fourth-order valence-electron chi connectivity index (χ4n) is 15.8. The average molecular weight is 904 g/mol. The van der Waals surface area contributed by atoms with Crippen molar-refractivity contribution in [1.82, 2.24) is 39.2 Å². The maximum atomic E-state index is 2.51. The molecule has 8 heterocycles. The second-order valence-electron chi connectivity index (χ2n) is 27.0. The highest BCUT2D eigenvalue weighted by atomic mass is 15.2. The molecular formula is C57H106N8. The maximum Gasteiger partial charge on any atom is 0.0125 e. The summed E-state index contributed by atoms with van der Waals surface area (Å²) < 4.78 is 0. The quantitative estimate of drug-likeness (QED) is 0.238. The summed E-state index contributed by atoms with van der Waals surface area (Å²) in [6.07, 6.45) is 33.0. The Kier molecular flexibility index (Phi) is 16.8. The van der Waals surface area contributed by atoms with Crippen LogP contribution in [0.25, 0.3) is 0 Å². The van der Waals surface area contributed by atoms with Crippen molar-refractivity contribution in [2.24, 2.45) is 64.1 Å². The first kappa shape index (κ1) is 49.7. The molecule has 65 heavy (non-hydrogen) atoms. The minimum absolute atomic E-state index is 0.786. The second kappa shape index (κ2) is 22.0. The zero-order valence-electron chi connectivity index (χ0n) is 44.3. The molecule has 0 amide bonds. The highest BCUT2D eigenvalue weighted by Gasteiger charge is 2.46. The molecule has 8 saturated heterocycles. The molecule has 8 aliphatic heterocycles. The highest BCUT2D eigenvalue weighted by Crippen LogP contribution is 2.53. The van der Waals surface area contributed by atoms with Gasteiger partial charge in [-0.15, -0.1) is 0 Å². The van der Waals surface area contributed by atoms with E-state index >= 15 is 0 Å². The summed E-state index contributed by atoms with van der Waals surface area (Å²) in [5.74, 6) is 9.89. The number of hydrogen-bond acceptors (Lipinski definition) is 8. The van der Waals surface area contributed by atoms with E-state index in [9.17, 15) is 0 Å². The van der Waals surface area contributed by atoms with E-state index in [0.29, 0.717) is 0 Å². The molecule has 2 spiro atoms. The third-order valence-electron chi connectivity index (χ3n) is 20.9. The molecule has 0 N–H and O–H groups in total. The van der Waals surface area contributed by atoms with Crippen molar-refractivity contribution in [3.05, 3.63) is 0 Å². The van der Waals surface area contributed by atoms with Crippen molar-refractivity contribution in [2.45, 2.75) is 159 Å². The third kappa shape index (κ3) is 14.4. The van der Waals surface area contributed by atoms with Gasteiger partial charge in [0.2, 0.25) is 0 Å². The Morgan fingerprint density at radius 3 is 1.15 bits per heavy atom. The summed E-state index contributed by atoms with van der Waals surface area (Å²) in [6.45, 7) is 17.8. The van der Waals surface area contributed by atoms with Gasteiger partial charge in [-0.05, 0) is 282 Å². The van der Waals surface area contributed by atoms with E-state index in [0.717, 1.165) is 82.2 Å². The summed E-state index contributed by atoms with van der Waals surface area (Å²) in [5, 5.41) is 0. The van der Waals surface area contributed by atoms with Crippen LogP contribution >= 0.6 is 0 Å². The van der Waals surface area contributed by atoms with Gasteiger partial charge in [0.15, 0.2) is 0 Å². The molecule has 16 fully saturated rings. The number of piperidine rings is 7. The molecule has 0 aromatic carbocycles. The lowest BCUT2D eigenvalue weighted by Crippen LogP contribution is -2.32. The van der Waals surface area contributed by atoms with E-state index in [4.69, 9.17) is 0 Å². The largest absolute Gasteiger partial charge is 0.306 e. The molecule has 374 valence electrons. The standard InChI is InChI=1S/C9H17N.2C8H15N.2C7H13N.3C6H11N/c1-10-7-6-9(8-10)4-2-3-5-9;1-9-5-7-2-3-8(4-7)6-9;1-9-6-4-8(2-3-8)5-7-9;1-8-5-6-2-3-7(8)4-6;1-8-4-2-3-6-5-7(6)8;2*1-7-3-5-2-6(5)4-7;1-7-3-2-5-4-6(5)7/h2-8H2,1H3;7-8H,2-6H2,1H3;2-7H2,1H3;2*6-7H,2-5H2,1H3;3*5-6H,2-4H2,1H3. The molecule has 8 aliphatic carbocycles. The first-order chi connectivity index (χ1) is 31.3. The van der Waals surface area contributed by atoms with Gasteiger partial charge < -0.3 is 39.2 Å². The summed E-state index contributed by atoms with van der Waals surface area (Å²) in [7, 11) is 17.9. The van der Waals surface area contributed by atoms with E-state index in [1.807, 2.05) is 0 Å². The topological polar surface area (TPSA) is 25.9 Å². The van der Waals surface area contributed by atoms with Crippen molar-refractivity contribution < 1.29 is 0 Å². The van der Waals surface area contributed by atoms with Crippen LogP contribution in [-0.4, -0.2) is 199 Å². The van der Waals surface area contributed by atoms with Crippen molar-refractivity contribution in [2.75, 3.05) is 141 Å². The van der Waals surface area contributed by atoms with Gasteiger partial charge >= 0.3 is 0 Å². The molecule has 8 heteroatoms. The first-order valence-corrected chi connectivity index (χ1v) is 28.8. The van der Waals surface area contributed by atoms with Crippen LogP contribution < -0.4 is 0 Å². The molecule has 4 bridgehead atoms. The molecule has 12 unspecified atom stereocenters. The lowest BCUT2D eigenvalue weighted by molar-refractivity contribution is 0.203.